The van der Waals surface area contributed by atoms with Crippen molar-refractivity contribution in [1.29, 1.82) is 0 Å². The molecule has 0 aliphatic carbocycles. The first kappa shape index (κ1) is 14.3. The molecule has 1 atom stereocenters. The molecular weight excluding hydrogens is 267 g/mol. The number of carbonyl (C=O) groups excluding carboxylic acids is 1. The summed E-state index contributed by atoms with van der Waals surface area (Å²) in [5.74, 6) is -0.524. The van der Waals surface area contributed by atoms with Crippen molar-refractivity contribution in [2.75, 3.05) is 13.1 Å². The number of likely N-dealkylation sites (tertiary alicyclic amines) is 1. The van der Waals surface area contributed by atoms with E-state index in [1.165, 1.54) is 12.1 Å². The van der Waals surface area contributed by atoms with Gasteiger partial charge in [0.15, 0.2) is 0 Å². The van der Waals surface area contributed by atoms with E-state index < -0.39 is 5.82 Å². The van der Waals surface area contributed by atoms with Gasteiger partial charge in [-0.25, -0.2) is 4.39 Å². The minimum absolute atomic E-state index is 0.00199. The van der Waals surface area contributed by atoms with Crippen LogP contribution in [0.25, 0.3) is 0 Å². The number of hydrogen-bond donors (Lipinski definition) is 1. The molecular formula is C14H18ClFN2O. The van der Waals surface area contributed by atoms with Gasteiger partial charge in [0.05, 0.1) is 6.42 Å². The highest BCUT2D eigenvalue weighted by molar-refractivity contribution is 6.31. The van der Waals surface area contributed by atoms with Crippen LogP contribution < -0.4 is 5.73 Å². The fraction of sp³-hybridized carbons (Fsp3) is 0.500. The molecule has 2 N–H and O–H groups in total. The van der Waals surface area contributed by atoms with Crippen LogP contribution >= 0.6 is 11.6 Å². The Kier molecular flexibility index (Phi) is 4.77. The average molecular weight is 285 g/mol. The van der Waals surface area contributed by atoms with Gasteiger partial charge in [-0.15, -0.1) is 0 Å². The van der Waals surface area contributed by atoms with Gasteiger partial charge in [0.1, 0.15) is 5.82 Å². The summed E-state index contributed by atoms with van der Waals surface area (Å²) >= 11 is 5.95. The van der Waals surface area contributed by atoms with Crippen LogP contribution in [0.2, 0.25) is 5.02 Å². The van der Waals surface area contributed by atoms with Gasteiger partial charge < -0.3 is 10.6 Å². The van der Waals surface area contributed by atoms with E-state index >= 15 is 0 Å². The van der Waals surface area contributed by atoms with Crippen LogP contribution in [0.15, 0.2) is 18.2 Å². The predicted octanol–water partition coefficient (Wildman–Crippen LogP) is 2.36. The molecule has 0 aromatic heterocycles. The van der Waals surface area contributed by atoms with Crippen LogP contribution in [0.5, 0.6) is 0 Å². The van der Waals surface area contributed by atoms with Crippen LogP contribution in [0.1, 0.15) is 24.8 Å². The number of amides is 1. The molecule has 19 heavy (non-hydrogen) atoms. The number of hydrogen-bond acceptors (Lipinski definition) is 2. The first-order chi connectivity index (χ1) is 9.13. The quantitative estimate of drug-likeness (QED) is 0.926. The smallest absolute Gasteiger partial charge is 0.227 e. The Labute approximate surface area is 117 Å². The van der Waals surface area contributed by atoms with E-state index in [9.17, 15) is 9.18 Å². The lowest BCUT2D eigenvalue weighted by Gasteiger charge is -2.35. The first-order valence-corrected chi connectivity index (χ1v) is 6.93. The third-order valence-electron chi connectivity index (χ3n) is 3.61. The zero-order valence-electron chi connectivity index (χ0n) is 10.7. The molecule has 0 unspecified atom stereocenters. The standard InChI is InChI=1S/C14H18ClFN2O/c15-12-5-3-6-13(16)11(12)8-14(19)18-7-2-1-4-10(18)9-17/h3,5-6,10H,1-2,4,7-9,17H2/t10-/m1/s1. The van der Waals surface area contributed by atoms with Crippen molar-refractivity contribution in [2.45, 2.75) is 31.7 Å². The lowest BCUT2D eigenvalue weighted by atomic mass is 10.0. The van der Waals surface area contributed by atoms with Crippen molar-refractivity contribution in [2.24, 2.45) is 5.73 Å². The second kappa shape index (κ2) is 6.35. The normalized spacial score (nSPS) is 19.5. The van der Waals surface area contributed by atoms with Crippen molar-refractivity contribution in [3.05, 3.63) is 34.6 Å². The van der Waals surface area contributed by atoms with Crippen molar-refractivity contribution >= 4 is 17.5 Å². The highest BCUT2D eigenvalue weighted by Crippen LogP contribution is 2.22. The second-order valence-corrected chi connectivity index (χ2v) is 5.26. The Morgan fingerprint density at radius 1 is 1.47 bits per heavy atom. The van der Waals surface area contributed by atoms with E-state index in [2.05, 4.69) is 0 Å². The van der Waals surface area contributed by atoms with Crippen molar-refractivity contribution in [3.8, 4) is 0 Å². The lowest BCUT2D eigenvalue weighted by molar-refractivity contribution is -0.133. The van der Waals surface area contributed by atoms with Gasteiger partial charge in [0.2, 0.25) is 5.91 Å². The Bertz CT molecular complexity index is 447. The number of benzene rings is 1. The minimum atomic E-state index is -0.429. The SMILES string of the molecule is NC[C@H]1CCCCN1C(=O)Cc1c(F)cccc1Cl. The molecule has 0 spiro atoms. The predicted molar refractivity (Wildman–Crippen MR) is 73.5 cm³/mol. The lowest BCUT2D eigenvalue weighted by Crippen LogP contribution is -2.48. The third-order valence-corrected chi connectivity index (χ3v) is 3.96. The molecule has 1 fully saturated rings. The summed E-state index contributed by atoms with van der Waals surface area (Å²) in [5, 5.41) is 0.301. The Balaban J connectivity index is 2.12. The molecule has 104 valence electrons. The topological polar surface area (TPSA) is 46.3 Å². The van der Waals surface area contributed by atoms with Crippen LogP contribution in [0.4, 0.5) is 4.39 Å². The van der Waals surface area contributed by atoms with Crippen molar-refractivity contribution < 1.29 is 9.18 Å². The van der Waals surface area contributed by atoms with Gasteiger partial charge in [0, 0.05) is 29.7 Å². The maximum atomic E-state index is 13.7. The van der Waals surface area contributed by atoms with Gasteiger partial charge in [-0.2, -0.15) is 0 Å². The maximum absolute atomic E-state index is 13.7. The number of piperidine rings is 1. The molecule has 0 radical (unpaired) electrons. The summed E-state index contributed by atoms with van der Waals surface area (Å²) < 4.78 is 13.7. The number of rotatable bonds is 3. The molecule has 1 aromatic carbocycles. The summed E-state index contributed by atoms with van der Waals surface area (Å²) in [6.07, 6.45) is 2.99. The molecule has 0 bridgehead atoms. The molecule has 1 amide bonds. The van der Waals surface area contributed by atoms with E-state index in [1.54, 1.807) is 11.0 Å². The summed E-state index contributed by atoms with van der Waals surface area (Å²) in [7, 11) is 0. The van der Waals surface area contributed by atoms with Crippen molar-refractivity contribution in [3.63, 3.8) is 0 Å². The van der Waals surface area contributed by atoms with Crippen LogP contribution in [0.3, 0.4) is 0 Å². The van der Waals surface area contributed by atoms with Crippen LogP contribution in [0, 0.1) is 5.82 Å². The monoisotopic (exact) mass is 284 g/mol. The second-order valence-electron chi connectivity index (χ2n) is 4.85. The fourth-order valence-electron chi connectivity index (χ4n) is 2.53. The number of nitrogens with two attached hydrogens (primary N) is 1. The molecule has 1 aromatic rings. The van der Waals surface area contributed by atoms with Gasteiger partial charge >= 0.3 is 0 Å². The molecule has 1 saturated heterocycles. The summed E-state index contributed by atoms with van der Waals surface area (Å²) in [6, 6.07) is 4.54. The molecule has 2 rings (SSSR count). The van der Waals surface area contributed by atoms with E-state index in [4.69, 9.17) is 17.3 Å². The Morgan fingerprint density at radius 2 is 2.26 bits per heavy atom. The van der Waals surface area contributed by atoms with Crippen molar-refractivity contribution in [1.82, 2.24) is 4.90 Å². The largest absolute Gasteiger partial charge is 0.338 e. The zero-order chi connectivity index (χ0) is 13.8. The zero-order valence-corrected chi connectivity index (χ0v) is 11.5. The first-order valence-electron chi connectivity index (χ1n) is 6.56. The number of nitrogens with zero attached hydrogens (tertiary/aromatic N) is 1. The van der Waals surface area contributed by atoms with E-state index in [-0.39, 0.29) is 23.9 Å². The molecule has 3 nitrogen and oxygen atoms in total. The molecule has 1 heterocycles. The number of carbonyl (C=O) groups is 1. The molecule has 1 aliphatic heterocycles. The molecule has 1 aliphatic rings. The van der Waals surface area contributed by atoms with Gasteiger partial charge in [-0.05, 0) is 31.4 Å². The van der Waals surface area contributed by atoms with Crippen LogP contribution in [-0.4, -0.2) is 29.9 Å². The third kappa shape index (κ3) is 3.25. The summed E-state index contributed by atoms with van der Waals surface area (Å²) in [6.45, 7) is 1.16. The average Bonchev–Trinajstić information content (AvgIpc) is 2.42. The van der Waals surface area contributed by atoms with Gasteiger partial charge in [-0.1, -0.05) is 17.7 Å². The minimum Gasteiger partial charge on any atom is -0.338 e. The Morgan fingerprint density at radius 3 is 2.95 bits per heavy atom. The maximum Gasteiger partial charge on any atom is 0.227 e. The summed E-state index contributed by atoms with van der Waals surface area (Å²) in [4.78, 5) is 14.1. The summed E-state index contributed by atoms with van der Waals surface area (Å²) in [5.41, 5.74) is 5.96. The number of halogens is 2. The van der Waals surface area contributed by atoms with Gasteiger partial charge in [-0.3, -0.25) is 4.79 Å². The van der Waals surface area contributed by atoms with E-state index in [1.807, 2.05) is 0 Å². The molecule has 5 heteroatoms. The van der Waals surface area contributed by atoms with Gasteiger partial charge in [0.25, 0.3) is 0 Å². The Hall–Kier alpha value is -1.13. The molecule has 0 saturated carbocycles. The highest BCUT2D eigenvalue weighted by atomic mass is 35.5. The highest BCUT2D eigenvalue weighted by Gasteiger charge is 2.26. The van der Waals surface area contributed by atoms with E-state index in [0.717, 1.165) is 19.3 Å². The van der Waals surface area contributed by atoms with Crippen LogP contribution in [-0.2, 0) is 11.2 Å². The van der Waals surface area contributed by atoms with E-state index in [0.29, 0.717) is 18.1 Å². The fourth-order valence-corrected chi connectivity index (χ4v) is 2.76.